The molecule has 1 unspecified atom stereocenters. The molecule has 0 radical (unpaired) electrons. The molecule has 4 aliphatic rings. The minimum absolute atomic E-state index is 0.565. The summed E-state index contributed by atoms with van der Waals surface area (Å²) in [4.78, 5) is 0. The second-order valence-electron chi connectivity index (χ2n) is 8.48. The van der Waals surface area contributed by atoms with E-state index in [1.807, 2.05) is 0 Å². The normalized spacial score (nSPS) is 35.2. The Bertz CT molecular complexity index is 572. The van der Waals surface area contributed by atoms with Crippen LogP contribution in [0.15, 0.2) is 21.1 Å². The lowest BCUT2D eigenvalue weighted by atomic mass is 9.48. The van der Waals surface area contributed by atoms with Crippen LogP contribution in [0.25, 0.3) is 0 Å². The van der Waals surface area contributed by atoms with Gasteiger partial charge in [-0.05, 0) is 118 Å². The summed E-state index contributed by atoms with van der Waals surface area (Å²) in [5.74, 6) is 3.92. The number of halogens is 2. The molecule has 1 aromatic carbocycles. The Labute approximate surface area is 162 Å². The lowest BCUT2D eigenvalue weighted by Gasteiger charge is -2.59. The molecule has 0 aromatic heterocycles. The third-order valence-electron chi connectivity index (χ3n) is 6.88. The molecule has 4 aliphatic carbocycles. The van der Waals surface area contributed by atoms with Gasteiger partial charge in [0.15, 0.2) is 0 Å². The van der Waals surface area contributed by atoms with Crippen molar-refractivity contribution in [3.05, 3.63) is 26.6 Å². The van der Waals surface area contributed by atoms with Crippen molar-refractivity contribution in [3.63, 3.8) is 0 Å². The molecule has 1 N–H and O–H groups in total. The molecule has 0 heterocycles. The first kappa shape index (κ1) is 17.4. The quantitative estimate of drug-likeness (QED) is 0.594. The highest BCUT2D eigenvalue weighted by Crippen LogP contribution is 2.61. The monoisotopic (exact) mass is 455 g/mol. The Kier molecular flexibility index (Phi) is 4.77. The summed E-state index contributed by atoms with van der Waals surface area (Å²) in [6.07, 6.45) is 8.94. The van der Waals surface area contributed by atoms with Gasteiger partial charge in [-0.15, -0.1) is 0 Å². The third-order valence-corrected chi connectivity index (χ3v) is 8.06. The maximum Gasteiger partial charge on any atom is 0.147 e. The topological polar surface area (TPSA) is 21.3 Å². The molecule has 4 saturated carbocycles. The Morgan fingerprint density at radius 1 is 1.08 bits per heavy atom. The van der Waals surface area contributed by atoms with Gasteiger partial charge in [0.1, 0.15) is 5.75 Å². The van der Waals surface area contributed by atoms with Crippen molar-refractivity contribution in [2.24, 2.45) is 23.2 Å². The van der Waals surface area contributed by atoms with Crippen molar-refractivity contribution in [2.75, 3.05) is 7.11 Å². The van der Waals surface area contributed by atoms with E-state index in [1.165, 1.54) is 44.1 Å². The molecule has 2 nitrogen and oxygen atoms in total. The van der Waals surface area contributed by atoms with Gasteiger partial charge < -0.3 is 10.1 Å². The molecule has 4 fully saturated rings. The van der Waals surface area contributed by atoms with Gasteiger partial charge in [-0.1, -0.05) is 0 Å². The van der Waals surface area contributed by atoms with Crippen molar-refractivity contribution in [1.29, 1.82) is 0 Å². The van der Waals surface area contributed by atoms with Crippen LogP contribution < -0.4 is 10.1 Å². The number of benzene rings is 1. The standard InChI is InChI=1S/C20H27Br2NO/c1-12(20-8-13-3-14(9-20)5-15(4-13)10-20)23-11-16-6-17(21)19(24-2)18(22)7-16/h6-7,12-15,23H,3-5,8-11H2,1-2H3. The molecule has 0 aliphatic heterocycles. The number of nitrogens with one attached hydrogen (secondary N) is 1. The predicted molar refractivity (Wildman–Crippen MR) is 105 cm³/mol. The molecule has 1 atom stereocenters. The molecular weight excluding hydrogens is 430 g/mol. The van der Waals surface area contributed by atoms with Crippen LogP contribution >= 0.6 is 31.9 Å². The molecule has 132 valence electrons. The van der Waals surface area contributed by atoms with Crippen LogP contribution in [0.5, 0.6) is 5.75 Å². The van der Waals surface area contributed by atoms with Gasteiger partial charge in [0.25, 0.3) is 0 Å². The molecular formula is C20H27Br2NO. The Morgan fingerprint density at radius 3 is 2.04 bits per heavy atom. The number of rotatable bonds is 5. The zero-order valence-electron chi connectivity index (χ0n) is 14.6. The summed E-state index contributed by atoms with van der Waals surface area (Å²) >= 11 is 7.23. The van der Waals surface area contributed by atoms with Crippen LogP contribution in [0.3, 0.4) is 0 Å². The van der Waals surface area contributed by atoms with E-state index in [-0.39, 0.29) is 0 Å². The largest absolute Gasteiger partial charge is 0.494 e. The van der Waals surface area contributed by atoms with Gasteiger partial charge in [0.2, 0.25) is 0 Å². The zero-order chi connectivity index (χ0) is 16.9. The molecule has 0 amide bonds. The first-order valence-electron chi connectivity index (χ1n) is 9.24. The van der Waals surface area contributed by atoms with Crippen LogP contribution in [0.1, 0.15) is 51.0 Å². The van der Waals surface area contributed by atoms with Gasteiger partial charge >= 0.3 is 0 Å². The maximum absolute atomic E-state index is 5.41. The minimum Gasteiger partial charge on any atom is -0.494 e. The van der Waals surface area contributed by atoms with Crippen LogP contribution in [0.4, 0.5) is 0 Å². The van der Waals surface area contributed by atoms with Crippen molar-refractivity contribution < 1.29 is 4.74 Å². The number of methoxy groups -OCH3 is 1. The van der Waals surface area contributed by atoms with E-state index in [4.69, 9.17) is 4.74 Å². The van der Waals surface area contributed by atoms with Crippen LogP contribution in [-0.2, 0) is 6.54 Å². The Hall–Kier alpha value is -0.0600. The fraction of sp³-hybridized carbons (Fsp3) is 0.700. The third kappa shape index (κ3) is 3.07. The van der Waals surface area contributed by atoms with E-state index in [0.717, 1.165) is 39.0 Å². The highest BCUT2D eigenvalue weighted by molar-refractivity contribution is 9.11. The molecule has 5 rings (SSSR count). The van der Waals surface area contributed by atoms with Gasteiger partial charge in [0.05, 0.1) is 16.1 Å². The zero-order valence-corrected chi connectivity index (χ0v) is 17.8. The summed E-state index contributed by atoms with van der Waals surface area (Å²) in [6, 6.07) is 4.94. The molecule has 4 heteroatoms. The van der Waals surface area contributed by atoms with Gasteiger partial charge in [0, 0.05) is 12.6 Å². The van der Waals surface area contributed by atoms with Crippen molar-refractivity contribution in [3.8, 4) is 5.75 Å². The summed E-state index contributed by atoms with van der Waals surface area (Å²) in [6.45, 7) is 3.35. The molecule has 0 spiro atoms. The first-order valence-corrected chi connectivity index (χ1v) is 10.8. The minimum atomic E-state index is 0.565. The van der Waals surface area contributed by atoms with E-state index >= 15 is 0 Å². The Morgan fingerprint density at radius 2 is 1.58 bits per heavy atom. The predicted octanol–water partition coefficient (Wildman–Crippen LogP) is 5.91. The smallest absolute Gasteiger partial charge is 0.147 e. The van der Waals surface area contributed by atoms with Gasteiger partial charge in [-0.3, -0.25) is 0 Å². The van der Waals surface area contributed by atoms with Crippen LogP contribution in [-0.4, -0.2) is 13.2 Å². The molecule has 4 bridgehead atoms. The van der Waals surface area contributed by atoms with Crippen molar-refractivity contribution in [1.82, 2.24) is 5.32 Å². The SMILES string of the molecule is COc1c(Br)cc(CNC(C)C23CC4CC(CC(C4)C2)C3)cc1Br. The second-order valence-corrected chi connectivity index (χ2v) is 10.2. The van der Waals surface area contributed by atoms with Crippen LogP contribution in [0.2, 0.25) is 0 Å². The Balaban J connectivity index is 1.45. The van der Waals surface area contributed by atoms with E-state index in [0.29, 0.717) is 11.5 Å². The van der Waals surface area contributed by atoms with Crippen LogP contribution in [0, 0.1) is 23.2 Å². The molecule has 24 heavy (non-hydrogen) atoms. The van der Waals surface area contributed by atoms with Gasteiger partial charge in [-0.25, -0.2) is 0 Å². The summed E-state index contributed by atoms with van der Waals surface area (Å²) in [7, 11) is 1.71. The lowest BCUT2D eigenvalue weighted by molar-refractivity contribution is -0.0706. The first-order chi connectivity index (χ1) is 11.5. The lowest BCUT2D eigenvalue weighted by Crippen LogP contribution is -2.54. The number of ether oxygens (including phenoxy) is 1. The molecule has 1 aromatic rings. The van der Waals surface area contributed by atoms with E-state index < -0.39 is 0 Å². The average Bonchev–Trinajstić information content (AvgIpc) is 2.51. The highest BCUT2D eigenvalue weighted by Gasteiger charge is 2.52. The van der Waals surface area contributed by atoms with Crippen molar-refractivity contribution >= 4 is 31.9 Å². The van der Waals surface area contributed by atoms with E-state index in [2.05, 4.69) is 56.2 Å². The van der Waals surface area contributed by atoms with E-state index in [1.54, 1.807) is 7.11 Å². The summed E-state index contributed by atoms with van der Waals surface area (Å²) < 4.78 is 7.43. The average molecular weight is 457 g/mol. The second kappa shape index (κ2) is 6.59. The number of hydrogen-bond donors (Lipinski definition) is 1. The maximum atomic E-state index is 5.41. The summed E-state index contributed by atoms with van der Waals surface area (Å²) in [5, 5.41) is 3.87. The number of hydrogen-bond acceptors (Lipinski definition) is 2. The fourth-order valence-electron chi connectivity index (χ4n) is 6.10. The van der Waals surface area contributed by atoms with Gasteiger partial charge in [-0.2, -0.15) is 0 Å². The fourth-order valence-corrected chi connectivity index (χ4v) is 7.71. The highest BCUT2D eigenvalue weighted by atomic mass is 79.9. The summed E-state index contributed by atoms with van der Waals surface area (Å²) in [5.41, 5.74) is 1.86. The molecule has 0 saturated heterocycles. The van der Waals surface area contributed by atoms with Crippen molar-refractivity contribution in [2.45, 2.75) is 58.0 Å². The van der Waals surface area contributed by atoms with E-state index in [9.17, 15) is 0 Å².